The lowest BCUT2D eigenvalue weighted by molar-refractivity contribution is 0.501. The molecule has 1 fully saturated rings. The second-order valence-corrected chi connectivity index (χ2v) is 5.95. The lowest BCUT2D eigenvalue weighted by Crippen LogP contribution is -2.12. The predicted molar refractivity (Wildman–Crippen MR) is 69.8 cm³/mol. The Labute approximate surface area is 102 Å². The lowest BCUT2D eigenvalue weighted by Gasteiger charge is -2.15. The standard InChI is InChI=1S/C12H21N3S/c1-2-16-12-4-3-10(7-12)15-9-14-8-11(15)5-6-13/h8-10,12H,2-7,13H2,1H3. The first-order valence-electron chi connectivity index (χ1n) is 6.17. The Morgan fingerprint density at radius 2 is 2.44 bits per heavy atom. The van der Waals surface area contributed by atoms with Gasteiger partial charge in [0, 0.05) is 29.6 Å². The third kappa shape index (κ3) is 2.61. The molecule has 2 rings (SSSR count). The van der Waals surface area contributed by atoms with E-state index in [0.717, 1.165) is 11.7 Å². The van der Waals surface area contributed by atoms with Crippen molar-refractivity contribution in [3.63, 3.8) is 0 Å². The van der Waals surface area contributed by atoms with E-state index in [-0.39, 0.29) is 0 Å². The second kappa shape index (κ2) is 5.73. The maximum Gasteiger partial charge on any atom is 0.0950 e. The van der Waals surface area contributed by atoms with Crippen LogP contribution in [0.3, 0.4) is 0 Å². The van der Waals surface area contributed by atoms with Crippen molar-refractivity contribution in [2.75, 3.05) is 12.3 Å². The van der Waals surface area contributed by atoms with Gasteiger partial charge in [-0.2, -0.15) is 11.8 Å². The zero-order valence-electron chi connectivity index (χ0n) is 9.93. The summed E-state index contributed by atoms with van der Waals surface area (Å²) in [6, 6.07) is 0.660. The minimum atomic E-state index is 0.660. The fourth-order valence-electron chi connectivity index (χ4n) is 2.56. The van der Waals surface area contributed by atoms with Crippen molar-refractivity contribution in [3.8, 4) is 0 Å². The molecule has 16 heavy (non-hydrogen) atoms. The van der Waals surface area contributed by atoms with Crippen LogP contribution in [0.1, 0.15) is 37.9 Å². The first-order chi connectivity index (χ1) is 7.85. The van der Waals surface area contributed by atoms with Crippen LogP contribution in [0.15, 0.2) is 12.5 Å². The molecule has 0 amide bonds. The number of hydrogen-bond acceptors (Lipinski definition) is 3. The first kappa shape index (κ1) is 12.0. The van der Waals surface area contributed by atoms with E-state index in [1.54, 1.807) is 0 Å². The highest BCUT2D eigenvalue weighted by Gasteiger charge is 2.26. The molecule has 1 aliphatic carbocycles. The summed E-state index contributed by atoms with van der Waals surface area (Å²) in [4.78, 5) is 4.26. The van der Waals surface area contributed by atoms with Gasteiger partial charge in [-0.15, -0.1) is 0 Å². The van der Waals surface area contributed by atoms with E-state index in [1.807, 2.05) is 12.5 Å². The quantitative estimate of drug-likeness (QED) is 0.857. The Kier molecular flexibility index (Phi) is 4.29. The van der Waals surface area contributed by atoms with E-state index in [1.165, 1.54) is 30.7 Å². The molecule has 0 radical (unpaired) electrons. The van der Waals surface area contributed by atoms with Gasteiger partial charge in [-0.25, -0.2) is 4.98 Å². The highest BCUT2D eigenvalue weighted by Crippen LogP contribution is 2.37. The molecule has 3 nitrogen and oxygen atoms in total. The third-order valence-electron chi connectivity index (χ3n) is 3.30. The summed E-state index contributed by atoms with van der Waals surface area (Å²) in [7, 11) is 0. The van der Waals surface area contributed by atoms with E-state index >= 15 is 0 Å². The van der Waals surface area contributed by atoms with Gasteiger partial charge in [-0.3, -0.25) is 0 Å². The summed E-state index contributed by atoms with van der Waals surface area (Å²) in [6.07, 6.45) is 8.84. The smallest absolute Gasteiger partial charge is 0.0950 e. The van der Waals surface area contributed by atoms with Crippen molar-refractivity contribution in [3.05, 3.63) is 18.2 Å². The Morgan fingerprint density at radius 1 is 1.56 bits per heavy atom. The fourth-order valence-corrected chi connectivity index (χ4v) is 3.69. The Balaban J connectivity index is 1.99. The second-order valence-electron chi connectivity index (χ2n) is 4.38. The van der Waals surface area contributed by atoms with Crippen molar-refractivity contribution in [1.82, 2.24) is 9.55 Å². The van der Waals surface area contributed by atoms with Gasteiger partial charge in [0.15, 0.2) is 0 Å². The molecule has 0 saturated heterocycles. The maximum absolute atomic E-state index is 5.62. The van der Waals surface area contributed by atoms with Gasteiger partial charge in [-0.05, 0) is 31.6 Å². The van der Waals surface area contributed by atoms with Crippen LogP contribution in [0.4, 0.5) is 0 Å². The van der Waals surface area contributed by atoms with Gasteiger partial charge >= 0.3 is 0 Å². The van der Waals surface area contributed by atoms with Crippen LogP contribution in [0.2, 0.25) is 0 Å². The highest BCUT2D eigenvalue weighted by atomic mass is 32.2. The average Bonchev–Trinajstić information content (AvgIpc) is 2.87. The SMILES string of the molecule is CCSC1CCC(n2cncc2CCN)C1. The van der Waals surface area contributed by atoms with E-state index in [0.29, 0.717) is 12.6 Å². The van der Waals surface area contributed by atoms with Gasteiger partial charge in [0.1, 0.15) is 0 Å². The van der Waals surface area contributed by atoms with Crippen LogP contribution in [0, 0.1) is 0 Å². The van der Waals surface area contributed by atoms with E-state index < -0.39 is 0 Å². The highest BCUT2D eigenvalue weighted by molar-refractivity contribution is 7.99. The number of thioether (sulfide) groups is 1. The maximum atomic E-state index is 5.62. The fraction of sp³-hybridized carbons (Fsp3) is 0.750. The molecular formula is C12H21N3S. The molecule has 2 N–H and O–H groups in total. The van der Waals surface area contributed by atoms with Crippen LogP contribution in [-0.4, -0.2) is 27.1 Å². The Hall–Kier alpha value is -0.480. The van der Waals surface area contributed by atoms with Crippen molar-refractivity contribution in [1.29, 1.82) is 0 Å². The molecule has 2 unspecified atom stereocenters. The Bertz CT molecular complexity index is 324. The number of nitrogens with zero attached hydrogens (tertiary/aromatic N) is 2. The van der Waals surface area contributed by atoms with Crippen molar-refractivity contribution >= 4 is 11.8 Å². The lowest BCUT2D eigenvalue weighted by atomic mass is 10.2. The van der Waals surface area contributed by atoms with Crippen molar-refractivity contribution in [2.45, 2.75) is 43.9 Å². The van der Waals surface area contributed by atoms with Crippen LogP contribution in [-0.2, 0) is 6.42 Å². The molecule has 0 aliphatic heterocycles. The van der Waals surface area contributed by atoms with E-state index in [2.05, 4.69) is 28.2 Å². The molecule has 0 spiro atoms. The number of imidazole rings is 1. The number of hydrogen-bond donors (Lipinski definition) is 1. The minimum Gasteiger partial charge on any atom is -0.331 e. The van der Waals surface area contributed by atoms with Crippen molar-refractivity contribution < 1.29 is 0 Å². The largest absolute Gasteiger partial charge is 0.331 e. The van der Waals surface area contributed by atoms with Crippen molar-refractivity contribution in [2.24, 2.45) is 5.73 Å². The van der Waals surface area contributed by atoms with Gasteiger partial charge in [0.25, 0.3) is 0 Å². The molecule has 1 heterocycles. The number of aromatic nitrogens is 2. The zero-order valence-corrected chi connectivity index (χ0v) is 10.7. The molecule has 1 aromatic heterocycles. The van der Waals surface area contributed by atoms with Crippen LogP contribution in [0.25, 0.3) is 0 Å². The van der Waals surface area contributed by atoms with E-state index in [4.69, 9.17) is 5.73 Å². The van der Waals surface area contributed by atoms with E-state index in [9.17, 15) is 0 Å². The molecule has 2 atom stereocenters. The van der Waals surface area contributed by atoms with Gasteiger partial charge in [-0.1, -0.05) is 6.92 Å². The predicted octanol–water partition coefficient (Wildman–Crippen LogP) is 2.23. The molecule has 1 saturated carbocycles. The van der Waals surface area contributed by atoms with Gasteiger partial charge < -0.3 is 10.3 Å². The van der Waals surface area contributed by atoms with Gasteiger partial charge in [0.05, 0.1) is 6.33 Å². The zero-order chi connectivity index (χ0) is 11.4. The Morgan fingerprint density at radius 3 is 3.19 bits per heavy atom. The first-order valence-corrected chi connectivity index (χ1v) is 7.22. The summed E-state index contributed by atoms with van der Waals surface area (Å²) in [5.74, 6) is 1.23. The van der Waals surface area contributed by atoms with Crippen LogP contribution < -0.4 is 5.73 Å². The average molecular weight is 239 g/mol. The molecule has 4 heteroatoms. The third-order valence-corrected chi connectivity index (χ3v) is 4.53. The van der Waals surface area contributed by atoms with Crippen LogP contribution in [0.5, 0.6) is 0 Å². The molecule has 0 bridgehead atoms. The molecule has 1 aromatic rings. The summed E-state index contributed by atoms with van der Waals surface area (Å²) < 4.78 is 2.35. The summed E-state index contributed by atoms with van der Waals surface area (Å²) in [5.41, 5.74) is 6.92. The van der Waals surface area contributed by atoms with Crippen LogP contribution >= 0.6 is 11.8 Å². The number of rotatable bonds is 5. The summed E-state index contributed by atoms with van der Waals surface area (Å²) >= 11 is 2.10. The molecule has 0 aromatic carbocycles. The molecule has 90 valence electrons. The normalized spacial score (nSPS) is 25.1. The molecular weight excluding hydrogens is 218 g/mol. The monoisotopic (exact) mass is 239 g/mol. The summed E-state index contributed by atoms with van der Waals surface area (Å²) in [6.45, 7) is 2.96. The summed E-state index contributed by atoms with van der Waals surface area (Å²) in [5, 5.41) is 0.850. The topological polar surface area (TPSA) is 43.8 Å². The van der Waals surface area contributed by atoms with Gasteiger partial charge in [0.2, 0.25) is 0 Å². The minimum absolute atomic E-state index is 0.660. The number of nitrogens with two attached hydrogens (primary N) is 1. The molecule has 1 aliphatic rings.